The Kier molecular flexibility index (Phi) is 5.63. The van der Waals surface area contributed by atoms with Gasteiger partial charge in [-0.3, -0.25) is 0 Å². The highest BCUT2D eigenvalue weighted by Gasteiger charge is 2.46. The molecule has 0 saturated carbocycles. The topological polar surface area (TPSA) is 49.8 Å². The van der Waals surface area contributed by atoms with Crippen LogP contribution in [0.2, 0.25) is 0 Å². The lowest BCUT2D eigenvalue weighted by Crippen LogP contribution is -2.51. The average molecular weight is 432 g/mol. The van der Waals surface area contributed by atoms with Gasteiger partial charge in [-0.1, -0.05) is 58.4 Å². The molecule has 0 aliphatic carbocycles. The van der Waals surface area contributed by atoms with E-state index in [4.69, 9.17) is 4.74 Å². The lowest BCUT2D eigenvalue weighted by Gasteiger charge is -2.45. The van der Waals surface area contributed by atoms with Gasteiger partial charge in [-0.15, -0.1) is 0 Å². The van der Waals surface area contributed by atoms with E-state index in [0.717, 1.165) is 15.6 Å². The fourth-order valence-electron chi connectivity index (χ4n) is 3.81. The fraction of sp³-hybridized carbons (Fsp3) is 0.409. The maximum Gasteiger partial charge on any atom is 0.411 e. The van der Waals surface area contributed by atoms with Crippen molar-refractivity contribution < 1.29 is 14.6 Å². The molecule has 2 atom stereocenters. The third kappa shape index (κ3) is 4.53. The number of nitrogens with zero attached hydrogens (tertiary/aromatic N) is 1. The highest BCUT2D eigenvalue weighted by molar-refractivity contribution is 9.10. The molecule has 1 fully saturated rings. The smallest absolute Gasteiger partial charge is 0.411 e. The van der Waals surface area contributed by atoms with Crippen LogP contribution >= 0.6 is 15.9 Å². The number of rotatable bonds is 5. The molecule has 27 heavy (non-hydrogen) atoms. The third-order valence-corrected chi connectivity index (χ3v) is 5.64. The van der Waals surface area contributed by atoms with Crippen molar-refractivity contribution in [1.29, 1.82) is 0 Å². The molecule has 0 radical (unpaired) electrons. The normalized spacial score (nSPS) is 21.7. The molecule has 0 bridgehead atoms. The van der Waals surface area contributed by atoms with Crippen molar-refractivity contribution in [3.8, 4) is 0 Å². The van der Waals surface area contributed by atoms with Gasteiger partial charge in [-0.2, -0.15) is 0 Å². The molecular weight excluding hydrogens is 406 g/mol. The van der Waals surface area contributed by atoms with E-state index in [0.29, 0.717) is 19.4 Å². The van der Waals surface area contributed by atoms with Crippen LogP contribution in [0.15, 0.2) is 59.1 Å². The summed E-state index contributed by atoms with van der Waals surface area (Å²) in [6, 6.07) is 17.6. The van der Waals surface area contributed by atoms with E-state index in [9.17, 15) is 9.90 Å². The quantitative estimate of drug-likeness (QED) is 0.688. The standard InChI is InChI=1S/C22H26BrNO3/c1-16(17-9-11-19(23)12-10-17)24-14-13-22(27-20(24)25,15-21(2,3)26)18-7-5-4-6-8-18/h4-12,16,26H,13-15H2,1-3H3/t16-,22?/m1/s1. The molecular formula is C22H26BrNO3. The second kappa shape index (κ2) is 7.64. The number of cyclic esters (lactones) is 1. The van der Waals surface area contributed by atoms with Crippen LogP contribution in [-0.4, -0.2) is 28.2 Å². The largest absolute Gasteiger partial charge is 0.438 e. The van der Waals surface area contributed by atoms with E-state index < -0.39 is 11.2 Å². The first-order valence-corrected chi connectivity index (χ1v) is 10.0. The van der Waals surface area contributed by atoms with Gasteiger partial charge in [0, 0.05) is 23.9 Å². The van der Waals surface area contributed by atoms with Crippen molar-refractivity contribution in [3.63, 3.8) is 0 Å². The number of benzene rings is 2. The molecule has 1 N–H and O–H groups in total. The molecule has 0 aromatic heterocycles. The van der Waals surface area contributed by atoms with Crippen molar-refractivity contribution in [2.45, 2.75) is 50.9 Å². The van der Waals surface area contributed by atoms with E-state index in [1.807, 2.05) is 61.5 Å². The van der Waals surface area contributed by atoms with Gasteiger partial charge >= 0.3 is 6.09 Å². The van der Waals surface area contributed by atoms with E-state index in [2.05, 4.69) is 15.9 Å². The lowest BCUT2D eigenvalue weighted by molar-refractivity contribution is -0.101. The third-order valence-electron chi connectivity index (χ3n) is 5.11. The minimum Gasteiger partial charge on any atom is -0.438 e. The molecule has 1 aliphatic heterocycles. The van der Waals surface area contributed by atoms with Gasteiger partial charge < -0.3 is 14.7 Å². The summed E-state index contributed by atoms with van der Waals surface area (Å²) < 4.78 is 7.04. The predicted octanol–water partition coefficient (Wildman–Crippen LogP) is 5.41. The van der Waals surface area contributed by atoms with Crippen LogP contribution in [0.4, 0.5) is 4.79 Å². The minimum atomic E-state index is -0.949. The zero-order valence-corrected chi connectivity index (χ0v) is 17.6. The number of ether oxygens (including phenoxy) is 1. The van der Waals surface area contributed by atoms with Crippen LogP contribution in [0.1, 0.15) is 50.8 Å². The van der Waals surface area contributed by atoms with Crippen LogP contribution in [0.5, 0.6) is 0 Å². The summed E-state index contributed by atoms with van der Waals surface area (Å²) in [6.07, 6.45) is 0.647. The minimum absolute atomic E-state index is 0.0819. The maximum absolute atomic E-state index is 13.0. The van der Waals surface area contributed by atoms with Crippen molar-refractivity contribution in [2.75, 3.05) is 6.54 Å². The number of carbonyl (C=O) groups is 1. The summed E-state index contributed by atoms with van der Waals surface area (Å²) in [6.45, 7) is 6.09. The van der Waals surface area contributed by atoms with Crippen molar-refractivity contribution >= 4 is 22.0 Å². The molecule has 2 aromatic carbocycles. The van der Waals surface area contributed by atoms with Crippen LogP contribution in [-0.2, 0) is 10.3 Å². The summed E-state index contributed by atoms with van der Waals surface area (Å²) in [5, 5.41) is 10.5. The Morgan fingerprint density at radius 3 is 2.37 bits per heavy atom. The van der Waals surface area contributed by atoms with E-state index >= 15 is 0 Å². The second-order valence-corrected chi connectivity index (χ2v) is 8.80. The fourth-order valence-corrected chi connectivity index (χ4v) is 4.08. The molecule has 1 saturated heterocycles. The number of halogens is 1. The molecule has 4 nitrogen and oxygen atoms in total. The summed E-state index contributed by atoms with van der Waals surface area (Å²) in [5.41, 5.74) is 0.226. The van der Waals surface area contributed by atoms with E-state index in [1.165, 1.54) is 0 Å². The average Bonchev–Trinajstić information content (AvgIpc) is 2.61. The predicted molar refractivity (Wildman–Crippen MR) is 109 cm³/mol. The van der Waals surface area contributed by atoms with Crippen LogP contribution in [0, 0.1) is 0 Å². The molecule has 5 heteroatoms. The Hall–Kier alpha value is -1.85. The van der Waals surface area contributed by atoms with Crippen molar-refractivity contribution in [1.82, 2.24) is 4.90 Å². The van der Waals surface area contributed by atoms with E-state index in [-0.39, 0.29) is 12.1 Å². The molecule has 3 rings (SSSR count). The molecule has 1 heterocycles. The van der Waals surface area contributed by atoms with Crippen LogP contribution in [0.25, 0.3) is 0 Å². The van der Waals surface area contributed by atoms with Gasteiger partial charge in [0.25, 0.3) is 0 Å². The first-order chi connectivity index (χ1) is 12.7. The van der Waals surface area contributed by atoms with Gasteiger partial charge in [0.1, 0.15) is 5.60 Å². The van der Waals surface area contributed by atoms with Gasteiger partial charge in [-0.05, 0) is 44.0 Å². The molecule has 1 amide bonds. The van der Waals surface area contributed by atoms with Crippen LogP contribution in [0.3, 0.4) is 0 Å². The SMILES string of the molecule is C[C@H](c1ccc(Br)cc1)N1CCC(CC(C)(C)O)(c2ccccc2)OC1=O. The molecule has 144 valence electrons. The Bertz CT molecular complexity index is 785. The zero-order valence-electron chi connectivity index (χ0n) is 16.0. The van der Waals surface area contributed by atoms with Gasteiger partial charge in [-0.25, -0.2) is 4.79 Å². The first kappa shape index (κ1) is 19.9. The molecule has 1 aliphatic rings. The summed E-state index contributed by atoms with van der Waals surface area (Å²) >= 11 is 3.44. The number of aliphatic hydroxyl groups is 1. The number of hydrogen-bond donors (Lipinski definition) is 1. The highest BCUT2D eigenvalue weighted by Crippen LogP contribution is 2.42. The van der Waals surface area contributed by atoms with Crippen molar-refractivity contribution in [2.24, 2.45) is 0 Å². The summed E-state index contributed by atoms with van der Waals surface area (Å²) in [7, 11) is 0. The molecule has 0 spiro atoms. The van der Waals surface area contributed by atoms with Crippen molar-refractivity contribution in [3.05, 3.63) is 70.2 Å². The maximum atomic E-state index is 13.0. The Morgan fingerprint density at radius 2 is 1.81 bits per heavy atom. The summed E-state index contributed by atoms with van der Waals surface area (Å²) in [4.78, 5) is 14.7. The Morgan fingerprint density at radius 1 is 1.19 bits per heavy atom. The van der Waals surface area contributed by atoms with Crippen LogP contribution < -0.4 is 0 Å². The molecule has 1 unspecified atom stereocenters. The monoisotopic (exact) mass is 431 g/mol. The highest BCUT2D eigenvalue weighted by atomic mass is 79.9. The summed E-state index contributed by atoms with van der Waals surface area (Å²) in [5.74, 6) is 0. The van der Waals surface area contributed by atoms with Gasteiger partial charge in [0.05, 0.1) is 11.6 Å². The molecule has 2 aromatic rings. The number of hydrogen-bond acceptors (Lipinski definition) is 3. The van der Waals surface area contributed by atoms with Gasteiger partial charge in [0.15, 0.2) is 0 Å². The Labute approximate surface area is 169 Å². The number of amides is 1. The Balaban J connectivity index is 1.85. The lowest BCUT2D eigenvalue weighted by atomic mass is 9.80. The van der Waals surface area contributed by atoms with E-state index in [1.54, 1.807) is 18.7 Å². The first-order valence-electron chi connectivity index (χ1n) is 9.23. The zero-order chi connectivity index (χ0) is 19.7. The van der Waals surface area contributed by atoms with Gasteiger partial charge in [0.2, 0.25) is 0 Å². The number of carbonyl (C=O) groups excluding carboxylic acids is 1. The second-order valence-electron chi connectivity index (χ2n) is 7.89.